The summed E-state index contributed by atoms with van der Waals surface area (Å²) >= 11 is 22.4. The highest BCUT2D eigenvalue weighted by Crippen LogP contribution is 2.38. The molecule has 158 valence electrons. The molecule has 3 aromatic carbocycles. The lowest BCUT2D eigenvalue weighted by Crippen LogP contribution is -2.07. The van der Waals surface area contributed by atoms with Gasteiger partial charge in [0.05, 0.1) is 19.2 Å². The largest absolute Gasteiger partial charge is 0.495 e. The Bertz CT molecular complexity index is 1030. The molecular weight excluding hydrogens is 513 g/mol. The predicted molar refractivity (Wildman–Crippen MR) is 127 cm³/mol. The van der Waals surface area contributed by atoms with Gasteiger partial charge in [-0.05, 0) is 42.5 Å². The van der Waals surface area contributed by atoms with Crippen molar-refractivity contribution in [3.8, 4) is 17.2 Å². The van der Waals surface area contributed by atoms with Crippen molar-refractivity contribution >= 4 is 56.4 Å². The summed E-state index contributed by atoms with van der Waals surface area (Å²) < 4.78 is 17.7. The molecule has 3 rings (SSSR count). The van der Waals surface area contributed by atoms with Crippen LogP contribution >= 0.6 is 50.7 Å². The van der Waals surface area contributed by atoms with E-state index in [9.17, 15) is 0 Å². The van der Waals surface area contributed by atoms with Crippen molar-refractivity contribution in [3.63, 3.8) is 0 Å². The number of ether oxygens (including phenoxy) is 3. The highest BCUT2D eigenvalue weighted by molar-refractivity contribution is 9.10. The van der Waals surface area contributed by atoms with Crippen LogP contribution in [0, 0.1) is 0 Å². The van der Waals surface area contributed by atoms with Crippen molar-refractivity contribution in [2.24, 2.45) is 0 Å². The molecule has 0 aliphatic carbocycles. The van der Waals surface area contributed by atoms with Crippen molar-refractivity contribution < 1.29 is 14.2 Å². The summed E-state index contributed by atoms with van der Waals surface area (Å²) in [5, 5.41) is 4.96. The molecule has 0 amide bonds. The zero-order chi connectivity index (χ0) is 21.7. The fourth-order valence-corrected chi connectivity index (χ4v) is 4.06. The Balaban J connectivity index is 1.86. The van der Waals surface area contributed by atoms with Crippen LogP contribution in [-0.4, -0.2) is 14.2 Å². The lowest BCUT2D eigenvalue weighted by atomic mass is 10.1. The molecule has 0 aliphatic rings. The molecule has 0 saturated carbocycles. The fourth-order valence-electron chi connectivity index (χ4n) is 2.85. The molecule has 0 fully saturated rings. The van der Waals surface area contributed by atoms with Crippen molar-refractivity contribution in [1.82, 2.24) is 0 Å². The molecule has 0 spiro atoms. The Morgan fingerprint density at radius 3 is 2.13 bits per heavy atom. The van der Waals surface area contributed by atoms with E-state index in [1.807, 2.05) is 24.3 Å². The molecule has 3 aromatic rings. The molecule has 4 nitrogen and oxygen atoms in total. The number of hydrogen-bond donors (Lipinski definition) is 1. The monoisotopic (exact) mass is 529 g/mol. The van der Waals surface area contributed by atoms with Gasteiger partial charge in [-0.3, -0.25) is 0 Å². The Hall–Kier alpha value is -1.79. The lowest BCUT2D eigenvalue weighted by molar-refractivity contribution is 0.281. The summed E-state index contributed by atoms with van der Waals surface area (Å²) in [4.78, 5) is 0. The molecule has 0 unspecified atom stereocenters. The van der Waals surface area contributed by atoms with E-state index in [2.05, 4.69) is 21.2 Å². The summed E-state index contributed by atoms with van der Waals surface area (Å²) in [6, 6.07) is 14.6. The second kappa shape index (κ2) is 10.5. The van der Waals surface area contributed by atoms with Crippen molar-refractivity contribution in [2.45, 2.75) is 13.2 Å². The van der Waals surface area contributed by atoms with Gasteiger partial charge in [0.15, 0.2) is 11.5 Å². The number of anilines is 1. The van der Waals surface area contributed by atoms with Gasteiger partial charge in [0.1, 0.15) is 12.4 Å². The normalized spacial score (nSPS) is 10.6. The quantitative estimate of drug-likeness (QED) is 0.325. The smallest absolute Gasteiger partial charge is 0.167 e. The minimum Gasteiger partial charge on any atom is -0.495 e. The molecule has 0 bridgehead atoms. The van der Waals surface area contributed by atoms with Gasteiger partial charge in [-0.25, -0.2) is 0 Å². The molecule has 0 heterocycles. The van der Waals surface area contributed by atoms with Crippen molar-refractivity contribution in [2.75, 3.05) is 19.5 Å². The van der Waals surface area contributed by atoms with Gasteiger partial charge in [-0.2, -0.15) is 0 Å². The zero-order valence-corrected chi connectivity index (χ0v) is 20.1. The van der Waals surface area contributed by atoms with Crippen LogP contribution in [0.3, 0.4) is 0 Å². The van der Waals surface area contributed by atoms with Crippen LogP contribution < -0.4 is 19.5 Å². The van der Waals surface area contributed by atoms with Gasteiger partial charge >= 0.3 is 0 Å². The Labute approximate surface area is 199 Å². The molecule has 30 heavy (non-hydrogen) atoms. The Morgan fingerprint density at radius 1 is 0.833 bits per heavy atom. The first-order valence-electron chi connectivity index (χ1n) is 8.93. The number of nitrogens with one attached hydrogen (secondary N) is 1. The summed E-state index contributed by atoms with van der Waals surface area (Å²) in [5.74, 6) is 1.81. The van der Waals surface area contributed by atoms with E-state index < -0.39 is 0 Å². The third kappa shape index (κ3) is 5.27. The van der Waals surface area contributed by atoms with Crippen LogP contribution in [0.1, 0.15) is 11.1 Å². The first-order valence-corrected chi connectivity index (χ1v) is 10.9. The average molecular weight is 532 g/mol. The van der Waals surface area contributed by atoms with Crippen LogP contribution in [0.5, 0.6) is 17.2 Å². The topological polar surface area (TPSA) is 39.7 Å². The number of methoxy groups -OCH3 is 2. The third-order valence-electron chi connectivity index (χ3n) is 4.43. The Kier molecular flexibility index (Phi) is 8.00. The summed E-state index contributed by atoms with van der Waals surface area (Å²) in [7, 11) is 3.18. The maximum absolute atomic E-state index is 6.28. The zero-order valence-electron chi connectivity index (χ0n) is 16.3. The molecule has 0 aromatic heterocycles. The first kappa shape index (κ1) is 22.9. The van der Waals surface area contributed by atoms with E-state index in [0.717, 1.165) is 15.7 Å². The van der Waals surface area contributed by atoms with Gasteiger partial charge in [-0.15, -0.1) is 0 Å². The van der Waals surface area contributed by atoms with Gasteiger partial charge in [-0.1, -0.05) is 56.8 Å². The van der Waals surface area contributed by atoms with Crippen LogP contribution in [0.25, 0.3) is 0 Å². The molecule has 8 heteroatoms. The van der Waals surface area contributed by atoms with E-state index in [1.165, 1.54) is 0 Å². The minimum absolute atomic E-state index is 0.201. The van der Waals surface area contributed by atoms with E-state index in [1.54, 1.807) is 38.5 Å². The fraction of sp³-hybridized carbons (Fsp3) is 0.182. The minimum atomic E-state index is 0.201. The van der Waals surface area contributed by atoms with Gasteiger partial charge in [0.25, 0.3) is 0 Å². The summed E-state index contributed by atoms with van der Waals surface area (Å²) in [6.07, 6.45) is 0. The summed E-state index contributed by atoms with van der Waals surface area (Å²) in [6.45, 7) is 0.665. The highest BCUT2D eigenvalue weighted by Gasteiger charge is 2.16. The standard InChI is InChI=1S/C22H19BrCl3NO3/c1-28-20-8-6-13(10-19(20)26)27-11-14-16(23)7-9-21(29-2)22(14)30-12-15-17(24)4-3-5-18(15)25/h3-10,27H,11-12H2,1-2H3. The number of halogens is 4. The van der Waals surface area contributed by atoms with E-state index >= 15 is 0 Å². The van der Waals surface area contributed by atoms with E-state index in [-0.39, 0.29) is 6.61 Å². The van der Waals surface area contributed by atoms with E-state index in [4.69, 9.17) is 49.0 Å². The first-order chi connectivity index (χ1) is 14.4. The van der Waals surface area contributed by atoms with Crippen LogP contribution in [-0.2, 0) is 13.2 Å². The second-order valence-electron chi connectivity index (χ2n) is 6.25. The SMILES string of the molecule is COc1ccc(NCc2c(Br)ccc(OC)c2OCc2c(Cl)cccc2Cl)cc1Cl. The predicted octanol–water partition coefficient (Wildman–Crippen LogP) is 7.62. The van der Waals surface area contributed by atoms with Crippen LogP contribution in [0.2, 0.25) is 15.1 Å². The summed E-state index contributed by atoms with van der Waals surface area (Å²) in [5.41, 5.74) is 2.43. The second-order valence-corrected chi connectivity index (χ2v) is 8.33. The van der Waals surface area contributed by atoms with Crippen LogP contribution in [0.15, 0.2) is 53.0 Å². The molecule has 1 N–H and O–H groups in total. The lowest BCUT2D eigenvalue weighted by Gasteiger charge is -2.18. The number of benzene rings is 3. The average Bonchev–Trinajstić information content (AvgIpc) is 2.73. The molecule has 0 aliphatic heterocycles. The molecule has 0 atom stereocenters. The number of hydrogen-bond acceptors (Lipinski definition) is 4. The van der Waals surface area contributed by atoms with Crippen molar-refractivity contribution in [1.29, 1.82) is 0 Å². The maximum atomic E-state index is 6.28. The third-order valence-corrected chi connectivity index (χ3v) is 6.18. The van der Waals surface area contributed by atoms with Gasteiger partial charge in [0, 0.05) is 37.9 Å². The Morgan fingerprint density at radius 2 is 1.50 bits per heavy atom. The molecule has 0 saturated heterocycles. The van der Waals surface area contributed by atoms with Crippen molar-refractivity contribution in [3.05, 3.63) is 79.2 Å². The van der Waals surface area contributed by atoms with Gasteiger partial charge < -0.3 is 19.5 Å². The molecule has 0 radical (unpaired) electrons. The van der Waals surface area contributed by atoms with Gasteiger partial charge in [0.2, 0.25) is 0 Å². The maximum Gasteiger partial charge on any atom is 0.167 e. The number of rotatable bonds is 8. The van der Waals surface area contributed by atoms with E-state index in [0.29, 0.717) is 44.4 Å². The van der Waals surface area contributed by atoms with Crippen LogP contribution in [0.4, 0.5) is 5.69 Å². The molecular formula is C22H19BrCl3NO3. The highest BCUT2D eigenvalue weighted by atomic mass is 79.9.